The summed E-state index contributed by atoms with van der Waals surface area (Å²) < 4.78 is 10.3. The molecule has 2 rings (SSSR count). The van der Waals surface area contributed by atoms with Gasteiger partial charge >= 0.3 is 11.9 Å². The summed E-state index contributed by atoms with van der Waals surface area (Å²) in [6.45, 7) is 11.6. The predicted molar refractivity (Wildman–Crippen MR) is 113 cm³/mol. The molecule has 0 saturated heterocycles. The number of rotatable bonds is 4. The Bertz CT molecular complexity index is 766. The van der Waals surface area contributed by atoms with Crippen LogP contribution in [0.25, 0.3) is 0 Å². The average Bonchev–Trinajstić information content (AvgIpc) is 2.65. The first kappa shape index (κ1) is 24.2. The first-order valence-electron chi connectivity index (χ1n) is 9.56. The maximum atomic E-state index is 11.4. The molecule has 0 amide bonds. The SMILES string of the molecule is CC(C)(C)C(=O)OCc1ccc(O)cc1.CC(C)(C)C(=O)OCc1ccccc1. The molecule has 0 fully saturated rings. The highest BCUT2D eigenvalue weighted by Gasteiger charge is 2.23. The van der Waals surface area contributed by atoms with Gasteiger partial charge in [-0.25, -0.2) is 0 Å². The summed E-state index contributed by atoms with van der Waals surface area (Å²) in [7, 11) is 0. The van der Waals surface area contributed by atoms with Crippen LogP contribution in [0.3, 0.4) is 0 Å². The molecule has 1 N–H and O–H groups in total. The number of phenols is 1. The summed E-state index contributed by atoms with van der Waals surface area (Å²) in [5, 5.41) is 9.06. The minimum Gasteiger partial charge on any atom is -0.508 e. The standard InChI is InChI=1S/C12H16O3.C12H16O2/c1-12(2,3)11(14)15-8-9-4-6-10(13)7-5-9;1-12(2,3)11(13)14-9-10-7-5-4-6-8-10/h4-7,13H,8H2,1-3H3;4-8H,9H2,1-3H3. The van der Waals surface area contributed by atoms with Gasteiger partial charge in [0.25, 0.3) is 0 Å². The van der Waals surface area contributed by atoms with Crippen LogP contribution in [0.4, 0.5) is 0 Å². The molecule has 2 aromatic carbocycles. The third kappa shape index (κ3) is 9.79. The minimum absolute atomic E-state index is 0.165. The van der Waals surface area contributed by atoms with Crippen LogP contribution in [0.2, 0.25) is 0 Å². The smallest absolute Gasteiger partial charge is 0.311 e. The number of ether oxygens (including phenoxy) is 2. The number of phenolic OH excluding ortho intramolecular Hbond substituents is 1. The first-order chi connectivity index (χ1) is 13.4. The molecule has 0 radical (unpaired) electrons. The van der Waals surface area contributed by atoms with Crippen molar-refractivity contribution in [1.29, 1.82) is 0 Å². The normalized spacial score (nSPS) is 11.1. The van der Waals surface area contributed by atoms with Crippen LogP contribution in [0.1, 0.15) is 52.7 Å². The Morgan fingerprint density at radius 2 is 1.07 bits per heavy atom. The van der Waals surface area contributed by atoms with Gasteiger partial charge in [0.05, 0.1) is 10.8 Å². The van der Waals surface area contributed by atoms with E-state index in [0.29, 0.717) is 6.61 Å². The topological polar surface area (TPSA) is 72.8 Å². The zero-order chi connectivity index (χ0) is 22.1. The zero-order valence-electron chi connectivity index (χ0n) is 18.2. The van der Waals surface area contributed by atoms with Crippen molar-refractivity contribution in [2.75, 3.05) is 0 Å². The van der Waals surface area contributed by atoms with Gasteiger partial charge in [0.2, 0.25) is 0 Å². The van der Waals surface area contributed by atoms with Crippen LogP contribution in [-0.2, 0) is 32.3 Å². The van der Waals surface area contributed by atoms with Crippen LogP contribution in [0.5, 0.6) is 5.75 Å². The summed E-state index contributed by atoms with van der Waals surface area (Å²) in [5.41, 5.74) is 0.988. The van der Waals surface area contributed by atoms with Crippen molar-refractivity contribution < 1.29 is 24.2 Å². The highest BCUT2D eigenvalue weighted by molar-refractivity contribution is 5.75. The molecule has 0 saturated carbocycles. The lowest BCUT2D eigenvalue weighted by Gasteiger charge is -2.16. The molecule has 0 heterocycles. The van der Waals surface area contributed by atoms with E-state index in [9.17, 15) is 9.59 Å². The van der Waals surface area contributed by atoms with Gasteiger partial charge in [-0.1, -0.05) is 42.5 Å². The molecule has 5 heteroatoms. The van der Waals surface area contributed by atoms with Gasteiger partial charge in [-0.2, -0.15) is 0 Å². The van der Waals surface area contributed by atoms with Gasteiger partial charge < -0.3 is 14.6 Å². The lowest BCUT2D eigenvalue weighted by molar-refractivity contribution is -0.155. The van der Waals surface area contributed by atoms with E-state index in [-0.39, 0.29) is 24.3 Å². The van der Waals surface area contributed by atoms with E-state index in [1.165, 1.54) is 0 Å². The number of carbonyl (C=O) groups is 2. The number of carbonyl (C=O) groups excluding carboxylic acids is 2. The minimum atomic E-state index is -0.475. The van der Waals surface area contributed by atoms with Crippen molar-refractivity contribution >= 4 is 11.9 Å². The maximum Gasteiger partial charge on any atom is 0.311 e. The Morgan fingerprint density at radius 1 is 0.690 bits per heavy atom. The molecule has 158 valence electrons. The number of hydrogen-bond donors (Lipinski definition) is 1. The second kappa shape index (κ2) is 10.6. The van der Waals surface area contributed by atoms with E-state index in [4.69, 9.17) is 14.6 Å². The third-order valence-corrected chi connectivity index (χ3v) is 3.74. The van der Waals surface area contributed by atoms with Crippen molar-refractivity contribution in [3.8, 4) is 5.75 Å². The van der Waals surface area contributed by atoms with Crippen molar-refractivity contribution in [2.24, 2.45) is 10.8 Å². The summed E-state index contributed by atoms with van der Waals surface area (Å²) in [4.78, 5) is 22.8. The molecule has 0 aliphatic rings. The summed E-state index contributed by atoms with van der Waals surface area (Å²) >= 11 is 0. The number of esters is 2. The third-order valence-electron chi connectivity index (χ3n) is 3.74. The van der Waals surface area contributed by atoms with Gasteiger partial charge in [-0.15, -0.1) is 0 Å². The maximum absolute atomic E-state index is 11.4. The molecular formula is C24H32O5. The van der Waals surface area contributed by atoms with Gasteiger partial charge in [-0.05, 0) is 64.8 Å². The van der Waals surface area contributed by atoms with E-state index >= 15 is 0 Å². The molecule has 0 bridgehead atoms. The summed E-state index contributed by atoms with van der Waals surface area (Å²) in [5.74, 6) is -0.183. The fourth-order valence-corrected chi connectivity index (χ4v) is 1.90. The van der Waals surface area contributed by atoms with E-state index in [2.05, 4.69) is 0 Å². The van der Waals surface area contributed by atoms with Crippen molar-refractivity contribution in [1.82, 2.24) is 0 Å². The summed E-state index contributed by atoms with van der Waals surface area (Å²) in [6, 6.07) is 16.3. The quantitative estimate of drug-likeness (QED) is 0.709. The lowest BCUT2D eigenvalue weighted by atomic mass is 9.97. The van der Waals surface area contributed by atoms with E-state index < -0.39 is 10.8 Å². The van der Waals surface area contributed by atoms with E-state index in [1.807, 2.05) is 71.9 Å². The van der Waals surface area contributed by atoms with Crippen molar-refractivity contribution in [3.05, 3.63) is 65.7 Å². The Hall–Kier alpha value is -2.82. The molecule has 0 unspecified atom stereocenters. The zero-order valence-corrected chi connectivity index (χ0v) is 18.2. The van der Waals surface area contributed by atoms with Gasteiger partial charge in [0.1, 0.15) is 19.0 Å². The molecule has 0 spiro atoms. The Labute approximate surface area is 173 Å². The fourth-order valence-electron chi connectivity index (χ4n) is 1.90. The first-order valence-corrected chi connectivity index (χ1v) is 9.56. The largest absolute Gasteiger partial charge is 0.508 e. The second-order valence-corrected chi connectivity index (χ2v) is 8.80. The number of hydrogen-bond acceptors (Lipinski definition) is 5. The lowest BCUT2D eigenvalue weighted by Crippen LogP contribution is -2.22. The predicted octanol–water partition coefficient (Wildman–Crippen LogP) is 5.26. The molecule has 2 aromatic rings. The van der Waals surface area contributed by atoms with Gasteiger partial charge in [-0.3, -0.25) is 9.59 Å². The van der Waals surface area contributed by atoms with E-state index in [1.54, 1.807) is 24.3 Å². The monoisotopic (exact) mass is 400 g/mol. The number of benzene rings is 2. The molecule has 0 atom stereocenters. The molecule has 29 heavy (non-hydrogen) atoms. The highest BCUT2D eigenvalue weighted by Crippen LogP contribution is 2.17. The molecular weight excluding hydrogens is 368 g/mol. The molecule has 5 nitrogen and oxygen atoms in total. The molecule has 0 aliphatic carbocycles. The fraction of sp³-hybridized carbons (Fsp3) is 0.417. The van der Waals surface area contributed by atoms with Crippen LogP contribution >= 0.6 is 0 Å². The second-order valence-electron chi connectivity index (χ2n) is 8.80. The average molecular weight is 401 g/mol. The Balaban J connectivity index is 0.000000291. The van der Waals surface area contributed by atoms with Crippen molar-refractivity contribution in [3.63, 3.8) is 0 Å². The Morgan fingerprint density at radius 3 is 1.45 bits per heavy atom. The molecule has 0 aromatic heterocycles. The highest BCUT2D eigenvalue weighted by atomic mass is 16.5. The van der Waals surface area contributed by atoms with Crippen molar-refractivity contribution in [2.45, 2.75) is 54.8 Å². The van der Waals surface area contributed by atoms with Crippen LogP contribution in [-0.4, -0.2) is 17.0 Å². The van der Waals surface area contributed by atoms with Gasteiger partial charge in [0, 0.05) is 0 Å². The van der Waals surface area contributed by atoms with Crippen LogP contribution in [0.15, 0.2) is 54.6 Å². The Kier molecular flexibility index (Phi) is 8.89. The number of aromatic hydroxyl groups is 1. The van der Waals surface area contributed by atoms with Crippen LogP contribution < -0.4 is 0 Å². The van der Waals surface area contributed by atoms with E-state index in [0.717, 1.165) is 11.1 Å². The van der Waals surface area contributed by atoms with Gasteiger partial charge in [0.15, 0.2) is 0 Å². The molecule has 0 aliphatic heterocycles. The van der Waals surface area contributed by atoms with Crippen LogP contribution in [0, 0.1) is 10.8 Å². The summed E-state index contributed by atoms with van der Waals surface area (Å²) in [6.07, 6.45) is 0.